The average Bonchev–Trinajstić information content (AvgIpc) is 1.05. The summed E-state index contributed by atoms with van der Waals surface area (Å²) in [5.41, 5.74) is 0. The zero-order valence-electron chi connectivity index (χ0n) is 102. The third-order valence-electron chi connectivity index (χ3n) is 31.4. The zero-order valence-corrected chi connectivity index (χ0v) is 102. The van der Waals surface area contributed by atoms with Gasteiger partial charge in [0.1, 0.15) is 0 Å². The van der Waals surface area contributed by atoms with Crippen LogP contribution in [-0.4, -0.2) is 114 Å². The second-order valence-electron chi connectivity index (χ2n) is 46.7. The molecule has 0 aliphatic rings. The van der Waals surface area contributed by atoms with E-state index < -0.39 is 0 Å². The molecule has 1 N–H and O–H groups in total. The van der Waals surface area contributed by atoms with Gasteiger partial charge < -0.3 is 24.9 Å². The normalized spacial score (nSPS) is 11.5. The maximum Gasteiger partial charge on any atom is -0.00218 e. The van der Waals surface area contributed by atoms with E-state index in [2.05, 4.69) is 115 Å². The molecule has 0 aliphatic heterocycles. The van der Waals surface area contributed by atoms with E-state index in [1.165, 1.54) is 778 Å². The summed E-state index contributed by atoms with van der Waals surface area (Å²) >= 11 is 0. The first kappa shape index (κ1) is 148. The van der Waals surface area contributed by atoms with Crippen molar-refractivity contribution in [2.24, 2.45) is 0 Å². The Kier molecular flexibility index (Phi) is 156. The Hall–Kier alpha value is -0.200. The fourth-order valence-electron chi connectivity index (χ4n) is 21.1. The number of hydrogen-bond acceptors (Lipinski definition) is 5. The van der Waals surface area contributed by atoms with Crippen molar-refractivity contribution in [3.05, 3.63) is 0 Å². The molecule has 0 fully saturated rings. The lowest BCUT2D eigenvalue weighted by molar-refractivity contribution is 0.314. The standard InChI is InChI=1S/C37H77N.C33H69N.C29H61N.C25H53N.C11H25N/c1-4-6-8-10-12-14-16-18-20-22-24-26-28-30-32-34-36-38(3)37-35-33-31-29-27-25-23-21-19-17-15-13-11-9-7-5-2;1-4-6-8-10-12-14-16-18-20-22-24-26-28-30-32-34(3)33-31-29-27-25-23-21-19-17-15-13-11-9-7-5-2;1-4-6-8-10-12-14-16-18-20-22-24-26-28-30(3)29-27-25-23-21-19-17-15-13-11-9-7-5-2;1-4-6-8-10-12-14-16-18-20-22-24-26(3)25-23-21-19-17-15-13-11-9-7-5-2;1-3-4-5-6-7-8-9-10-11-12-2/h4-37H2,1-3H3;4-33H2,1-3H3;4-29H2,1-3H3;4-25H2,1-3H3;12H,3-11H2,1-2H3. The molecule has 0 aromatic rings. The number of nitrogens with one attached hydrogen (secondary N) is 1. The Morgan fingerprint density at radius 1 is 0.0929 bits per heavy atom. The molecule has 0 aromatic heterocycles. The molecule has 140 heavy (non-hydrogen) atoms. The molecule has 5 heteroatoms. The summed E-state index contributed by atoms with van der Waals surface area (Å²) in [5.74, 6) is 0. The molecule has 0 heterocycles. The van der Waals surface area contributed by atoms with Gasteiger partial charge in [0.2, 0.25) is 0 Å². The molecular weight excluding hydrogens is 1690 g/mol. The van der Waals surface area contributed by atoms with Crippen LogP contribution >= 0.6 is 0 Å². The first-order valence-electron chi connectivity index (χ1n) is 67.5. The van der Waals surface area contributed by atoms with Crippen molar-refractivity contribution in [3.8, 4) is 0 Å². The highest BCUT2D eigenvalue weighted by molar-refractivity contribution is 4.64. The van der Waals surface area contributed by atoms with Crippen molar-refractivity contribution in [2.45, 2.75) is 781 Å². The molecule has 0 bridgehead atoms. The van der Waals surface area contributed by atoms with Crippen LogP contribution in [-0.2, 0) is 0 Å². The van der Waals surface area contributed by atoms with Crippen LogP contribution < -0.4 is 5.32 Å². The minimum absolute atomic E-state index is 1.19. The SMILES string of the molecule is CCCCCCCCCCCCCCCCCCN(C)CCCCCCCCCCCCCCCCCC.CCCCCCCCCCCCCCCCN(C)CCCCCCCCCCCCCCCC.CCCCCCCCCCCCCCN(C)CCCCCCCCCCCCCC.CCCCCCCCCCCCN(C)CCCCCCCCCCCC.CCCCCCCCCCNC. The maximum atomic E-state index is 3.18. The molecule has 0 saturated carbocycles. The Bertz CT molecular complexity index is 1790. The summed E-state index contributed by atoms with van der Waals surface area (Å²) in [6.45, 7) is 32.4. The lowest BCUT2D eigenvalue weighted by Gasteiger charge is -2.16. The molecule has 0 unspecified atom stereocenters. The van der Waals surface area contributed by atoms with Gasteiger partial charge in [0, 0.05) is 0 Å². The Balaban J connectivity index is -0.000000559. The fraction of sp³-hybridized carbons (Fsp3) is 1.00. The van der Waals surface area contributed by atoms with Gasteiger partial charge in [-0.2, -0.15) is 0 Å². The van der Waals surface area contributed by atoms with E-state index in [0.29, 0.717) is 0 Å². The third-order valence-corrected chi connectivity index (χ3v) is 31.4. The number of hydrogen-bond donors (Lipinski definition) is 1. The number of unbranched alkanes of at least 4 members (excludes halogenated alkanes) is 103. The predicted octanol–water partition coefficient (Wildman–Crippen LogP) is 47.7. The summed E-state index contributed by atoms with van der Waals surface area (Å²) in [6, 6.07) is 0. The van der Waals surface area contributed by atoms with Crippen LogP contribution in [0.5, 0.6) is 0 Å². The molecule has 850 valence electrons. The maximum absolute atomic E-state index is 3.18. The highest BCUT2D eigenvalue weighted by Crippen LogP contribution is 2.23. The van der Waals surface area contributed by atoms with E-state index in [-0.39, 0.29) is 0 Å². The molecular formula is C135H285N5. The quantitative estimate of drug-likeness (QED) is 0.0612. The van der Waals surface area contributed by atoms with Gasteiger partial charge in [-0.05, 0) is 152 Å². The molecule has 0 radical (unpaired) electrons. The van der Waals surface area contributed by atoms with Gasteiger partial charge in [0.05, 0.1) is 0 Å². The highest BCUT2D eigenvalue weighted by atomic mass is 15.1. The highest BCUT2D eigenvalue weighted by Gasteiger charge is 2.08. The van der Waals surface area contributed by atoms with Gasteiger partial charge in [0.15, 0.2) is 0 Å². The lowest BCUT2D eigenvalue weighted by atomic mass is 10.0. The van der Waals surface area contributed by atoms with E-state index in [4.69, 9.17) is 0 Å². The third kappa shape index (κ3) is 155. The Morgan fingerprint density at radius 3 is 0.229 bits per heavy atom. The van der Waals surface area contributed by atoms with Crippen LogP contribution in [0.15, 0.2) is 0 Å². The molecule has 0 saturated heterocycles. The molecule has 0 rings (SSSR count). The molecule has 0 aromatic carbocycles. The van der Waals surface area contributed by atoms with Gasteiger partial charge in [-0.1, -0.05) is 724 Å². The Labute approximate surface area is 894 Å². The largest absolute Gasteiger partial charge is 0.320 e. The van der Waals surface area contributed by atoms with Crippen LogP contribution in [0.4, 0.5) is 0 Å². The van der Waals surface area contributed by atoms with E-state index in [1.54, 1.807) is 0 Å². The van der Waals surface area contributed by atoms with Gasteiger partial charge in [-0.15, -0.1) is 0 Å². The number of rotatable bonds is 121. The van der Waals surface area contributed by atoms with Crippen LogP contribution in [0.2, 0.25) is 0 Å². The summed E-state index contributed by atoms with van der Waals surface area (Å²) < 4.78 is 0. The van der Waals surface area contributed by atoms with Crippen LogP contribution in [0, 0.1) is 0 Å². The van der Waals surface area contributed by atoms with Crippen molar-refractivity contribution in [2.75, 3.05) is 94.1 Å². The van der Waals surface area contributed by atoms with Gasteiger partial charge in [0.25, 0.3) is 0 Å². The summed E-state index contributed by atoms with van der Waals surface area (Å²) in [4.78, 5) is 10.3. The number of nitrogens with zero attached hydrogens (tertiary/aromatic N) is 4. The summed E-state index contributed by atoms with van der Waals surface area (Å²) in [7, 11) is 11.4. The van der Waals surface area contributed by atoms with Crippen molar-refractivity contribution in [1.29, 1.82) is 0 Å². The van der Waals surface area contributed by atoms with E-state index in [1.807, 2.05) is 7.05 Å². The molecule has 0 atom stereocenters. The van der Waals surface area contributed by atoms with E-state index in [0.717, 1.165) is 0 Å². The smallest absolute Gasteiger partial charge is 0.00218 e. The summed E-state index contributed by atoms with van der Waals surface area (Å²) in [5, 5.41) is 3.18. The fourth-order valence-corrected chi connectivity index (χ4v) is 21.1. The van der Waals surface area contributed by atoms with E-state index in [9.17, 15) is 0 Å². The second-order valence-corrected chi connectivity index (χ2v) is 46.7. The predicted molar refractivity (Wildman–Crippen MR) is 652 cm³/mol. The van der Waals surface area contributed by atoms with Crippen LogP contribution in [0.3, 0.4) is 0 Å². The second kappa shape index (κ2) is 147. The molecule has 0 amide bonds. The first-order valence-corrected chi connectivity index (χ1v) is 67.5. The average molecular weight is 1980 g/mol. The van der Waals surface area contributed by atoms with Crippen molar-refractivity contribution >= 4 is 0 Å². The van der Waals surface area contributed by atoms with E-state index >= 15 is 0 Å². The molecule has 0 spiro atoms. The van der Waals surface area contributed by atoms with Crippen LogP contribution in [0.25, 0.3) is 0 Å². The van der Waals surface area contributed by atoms with Crippen molar-refractivity contribution in [3.63, 3.8) is 0 Å². The zero-order chi connectivity index (χ0) is 103. The molecule has 5 nitrogen and oxygen atoms in total. The van der Waals surface area contributed by atoms with Crippen LogP contribution in [0.1, 0.15) is 781 Å². The lowest BCUT2D eigenvalue weighted by Crippen LogP contribution is -2.20. The topological polar surface area (TPSA) is 25.0 Å². The first-order chi connectivity index (χ1) is 69.1. The van der Waals surface area contributed by atoms with Crippen molar-refractivity contribution < 1.29 is 0 Å². The minimum atomic E-state index is 1.19. The molecule has 0 aliphatic carbocycles. The van der Waals surface area contributed by atoms with Crippen molar-refractivity contribution in [1.82, 2.24) is 24.9 Å². The van der Waals surface area contributed by atoms with Gasteiger partial charge in [-0.3, -0.25) is 0 Å². The summed E-state index contributed by atoms with van der Waals surface area (Å²) in [6.07, 6.45) is 163. The Morgan fingerprint density at radius 2 is 0.157 bits per heavy atom. The minimum Gasteiger partial charge on any atom is -0.320 e. The van der Waals surface area contributed by atoms with Gasteiger partial charge >= 0.3 is 0 Å². The van der Waals surface area contributed by atoms with Gasteiger partial charge in [-0.25, -0.2) is 0 Å². The monoisotopic (exact) mass is 1980 g/mol.